The van der Waals surface area contributed by atoms with Gasteiger partial charge in [-0.2, -0.15) is 0 Å². The number of hydrogen-bond acceptors (Lipinski definition) is 3. The van der Waals surface area contributed by atoms with Crippen LogP contribution in [-0.2, 0) is 0 Å². The van der Waals surface area contributed by atoms with Gasteiger partial charge in [0.15, 0.2) is 0 Å². The van der Waals surface area contributed by atoms with Gasteiger partial charge in [-0.15, -0.1) is 0 Å². The predicted molar refractivity (Wildman–Crippen MR) is 95.9 cm³/mol. The molecule has 0 spiro atoms. The zero-order valence-corrected chi connectivity index (χ0v) is 14.5. The highest BCUT2D eigenvalue weighted by atomic mass is 79.9. The smallest absolute Gasteiger partial charge is 0.211 e. The third-order valence-electron chi connectivity index (χ3n) is 3.50. The number of carbonyl (C=O) groups is 1. The van der Waals surface area contributed by atoms with E-state index in [2.05, 4.69) is 25.9 Å². The summed E-state index contributed by atoms with van der Waals surface area (Å²) in [6.45, 7) is 0. The minimum absolute atomic E-state index is 0.0723. The SMILES string of the molecule is CN(C)c1nc(-c2ccccc2)c(C(=O)c2ccc(Br)cc2)[nH]1. The van der Waals surface area contributed by atoms with Gasteiger partial charge in [-0.25, -0.2) is 4.98 Å². The fourth-order valence-corrected chi connectivity index (χ4v) is 2.55. The molecule has 0 atom stereocenters. The average molecular weight is 370 g/mol. The molecule has 116 valence electrons. The van der Waals surface area contributed by atoms with E-state index < -0.39 is 0 Å². The monoisotopic (exact) mass is 369 g/mol. The van der Waals surface area contributed by atoms with Crippen molar-refractivity contribution in [1.82, 2.24) is 9.97 Å². The molecule has 5 heteroatoms. The van der Waals surface area contributed by atoms with Gasteiger partial charge in [-0.05, 0) is 24.3 Å². The van der Waals surface area contributed by atoms with Crippen LogP contribution in [0.2, 0.25) is 0 Å². The molecule has 23 heavy (non-hydrogen) atoms. The van der Waals surface area contributed by atoms with Crippen LogP contribution in [0.15, 0.2) is 59.1 Å². The first kappa shape index (κ1) is 15.5. The first-order valence-electron chi connectivity index (χ1n) is 7.19. The van der Waals surface area contributed by atoms with E-state index in [1.807, 2.05) is 61.5 Å². The van der Waals surface area contributed by atoms with E-state index in [0.717, 1.165) is 10.0 Å². The summed E-state index contributed by atoms with van der Waals surface area (Å²) in [6.07, 6.45) is 0. The van der Waals surface area contributed by atoms with Crippen LogP contribution in [0.3, 0.4) is 0 Å². The third-order valence-corrected chi connectivity index (χ3v) is 4.02. The van der Waals surface area contributed by atoms with Crippen molar-refractivity contribution in [3.8, 4) is 11.3 Å². The summed E-state index contributed by atoms with van der Waals surface area (Å²) in [5, 5.41) is 0. The van der Waals surface area contributed by atoms with Crippen LogP contribution in [-0.4, -0.2) is 29.8 Å². The fourth-order valence-electron chi connectivity index (χ4n) is 2.29. The maximum atomic E-state index is 12.9. The van der Waals surface area contributed by atoms with Crippen LogP contribution in [0.25, 0.3) is 11.3 Å². The number of nitrogens with one attached hydrogen (secondary N) is 1. The Labute approximate surface area is 143 Å². The van der Waals surface area contributed by atoms with E-state index in [-0.39, 0.29) is 5.78 Å². The lowest BCUT2D eigenvalue weighted by molar-refractivity contribution is 0.103. The van der Waals surface area contributed by atoms with E-state index in [4.69, 9.17) is 0 Å². The lowest BCUT2D eigenvalue weighted by atomic mass is 10.0. The second-order valence-corrected chi connectivity index (χ2v) is 6.30. The maximum Gasteiger partial charge on any atom is 0.211 e. The second kappa shape index (κ2) is 6.38. The molecule has 0 saturated carbocycles. The minimum atomic E-state index is -0.0723. The molecular weight excluding hydrogens is 354 g/mol. The van der Waals surface area contributed by atoms with Crippen molar-refractivity contribution in [1.29, 1.82) is 0 Å². The third kappa shape index (κ3) is 3.19. The molecule has 0 radical (unpaired) electrons. The van der Waals surface area contributed by atoms with Crippen molar-refractivity contribution < 1.29 is 4.79 Å². The Morgan fingerprint density at radius 1 is 1.04 bits per heavy atom. The highest BCUT2D eigenvalue weighted by Gasteiger charge is 2.20. The van der Waals surface area contributed by atoms with Crippen LogP contribution in [0, 0.1) is 0 Å². The van der Waals surface area contributed by atoms with Crippen molar-refractivity contribution in [3.05, 3.63) is 70.3 Å². The topological polar surface area (TPSA) is 49.0 Å². The van der Waals surface area contributed by atoms with Gasteiger partial charge in [-0.1, -0.05) is 46.3 Å². The Morgan fingerprint density at radius 3 is 2.30 bits per heavy atom. The molecular formula is C18H16BrN3O. The number of H-pyrrole nitrogens is 1. The molecule has 3 rings (SSSR count). The number of nitrogens with zero attached hydrogens (tertiary/aromatic N) is 2. The van der Waals surface area contributed by atoms with Crippen LogP contribution in [0.5, 0.6) is 0 Å². The van der Waals surface area contributed by atoms with Gasteiger partial charge in [0.05, 0.1) is 0 Å². The number of benzene rings is 2. The molecule has 4 nitrogen and oxygen atoms in total. The summed E-state index contributed by atoms with van der Waals surface area (Å²) in [7, 11) is 3.78. The van der Waals surface area contributed by atoms with Crippen molar-refractivity contribution >= 4 is 27.7 Å². The molecule has 0 unspecified atom stereocenters. The maximum absolute atomic E-state index is 12.9. The Balaban J connectivity index is 2.10. The first-order chi connectivity index (χ1) is 11.1. The number of rotatable bonds is 4. The van der Waals surface area contributed by atoms with Crippen LogP contribution < -0.4 is 4.90 Å². The number of imidazole rings is 1. The zero-order valence-electron chi connectivity index (χ0n) is 12.9. The summed E-state index contributed by atoms with van der Waals surface area (Å²) in [4.78, 5) is 22.5. The Morgan fingerprint density at radius 2 is 1.70 bits per heavy atom. The minimum Gasteiger partial charge on any atom is -0.349 e. The quantitative estimate of drug-likeness (QED) is 0.703. The van der Waals surface area contributed by atoms with Crippen molar-refractivity contribution in [2.24, 2.45) is 0 Å². The molecule has 0 saturated heterocycles. The molecule has 0 aliphatic rings. The predicted octanol–water partition coefficient (Wildman–Crippen LogP) is 4.14. The summed E-state index contributed by atoms with van der Waals surface area (Å²) in [5.41, 5.74) is 2.71. The molecule has 0 aliphatic heterocycles. The van der Waals surface area contributed by atoms with Gasteiger partial charge < -0.3 is 9.88 Å². The number of aromatic nitrogens is 2. The van der Waals surface area contributed by atoms with Gasteiger partial charge in [0, 0.05) is 29.7 Å². The van der Waals surface area contributed by atoms with Gasteiger partial charge in [0.2, 0.25) is 11.7 Å². The van der Waals surface area contributed by atoms with E-state index in [9.17, 15) is 4.79 Å². The molecule has 0 fully saturated rings. The number of ketones is 1. The molecule has 0 bridgehead atoms. The molecule has 1 N–H and O–H groups in total. The summed E-state index contributed by atoms with van der Waals surface area (Å²) in [5.74, 6) is 0.585. The standard InChI is InChI=1S/C18H16BrN3O/c1-22(2)18-20-15(12-6-4-3-5-7-12)16(21-18)17(23)13-8-10-14(19)11-9-13/h3-11H,1-2H3,(H,20,21). The van der Waals surface area contributed by atoms with E-state index in [0.29, 0.717) is 22.9 Å². The molecule has 3 aromatic rings. The molecule has 1 heterocycles. The Kier molecular flexibility index (Phi) is 4.30. The lowest BCUT2D eigenvalue weighted by Gasteiger charge is -2.06. The number of anilines is 1. The summed E-state index contributed by atoms with van der Waals surface area (Å²) in [6, 6.07) is 17.0. The number of hydrogen-bond donors (Lipinski definition) is 1. The van der Waals surface area contributed by atoms with Crippen molar-refractivity contribution in [3.63, 3.8) is 0 Å². The molecule has 0 aliphatic carbocycles. The number of aromatic amines is 1. The molecule has 1 aromatic heterocycles. The van der Waals surface area contributed by atoms with E-state index in [1.165, 1.54) is 0 Å². The van der Waals surface area contributed by atoms with Crippen LogP contribution in [0.4, 0.5) is 5.95 Å². The van der Waals surface area contributed by atoms with Gasteiger partial charge in [0.1, 0.15) is 11.4 Å². The second-order valence-electron chi connectivity index (χ2n) is 5.38. The lowest BCUT2D eigenvalue weighted by Crippen LogP contribution is -2.10. The average Bonchev–Trinajstić information content (AvgIpc) is 3.01. The Hall–Kier alpha value is -2.40. The highest BCUT2D eigenvalue weighted by molar-refractivity contribution is 9.10. The number of halogens is 1. The van der Waals surface area contributed by atoms with Crippen LogP contribution in [0.1, 0.15) is 16.1 Å². The summed E-state index contributed by atoms with van der Waals surface area (Å²) < 4.78 is 0.941. The van der Waals surface area contributed by atoms with Gasteiger partial charge in [0.25, 0.3) is 0 Å². The van der Waals surface area contributed by atoms with Gasteiger partial charge >= 0.3 is 0 Å². The van der Waals surface area contributed by atoms with Crippen molar-refractivity contribution in [2.75, 3.05) is 19.0 Å². The first-order valence-corrected chi connectivity index (χ1v) is 7.98. The van der Waals surface area contributed by atoms with Crippen LogP contribution >= 0.6 is 15.9 Å². The summed E-state index contributed by atoms with van der Waals surface area (Å²) >= 11 is 3.39. The Bertz CT molecular complexity index is 823. The zero-order chi connectivity index (χ0) is 16.4. The van der Waals surface area contributed by atoms with Crippen molar-refractivity contribution in [2.45, 2.75) is 0 Å². The molecule has 0 amide bonds. The largest absolute Gasteiger partial charge is 0.349 e. The highest BCUT2D eigenvalue weighted by Crippen LogP contribution is 2.26. The number of carbonyl (C=O) groups excluding carboxylic acids is 1. The normalized spacial score (nSPS) is 10.6. The fraction of sp³-hybridized carbons (Fsp3) is 0.111. The molecule has 2 aromatic carbocycles. The van der Waals surface area contributed by atoms with Gasteiger partial charge in [-0.3, -0.25) is 4.79 Å². The van der Waals surface area contributed by atoms with E-state index >= 15 is 0 Å². The van der Waals surface area contributed by atoms with E-state index in [1.54, 1.807) is 12.1 Å².